The molecule has 1 N–H and O–H groups in total. The summed E-state index contributed by atoms with van der Waals surface area (Å²) in [5.41, 5.74) is 2.06. The van der Waals surface area contributed by atoms with Gasteiger partial charge in [-0.1, -0.05) is 25.1 Å². The van der Waals surface area contributed by atoms with Gasteiger partial charge in [-0.15, -0.1) is 0 Å². The lowest BCUT2D eigenvalue weighted by Gasteiger charge is -2.29. The molecule has 0 saturated carbocycles. The minimum atomic E-state index is 0.254. The van der Waals surface area contributed by atoms with Gasteiger partial charge in [0.15, 0.2) is 0 Å². The average Bonchev–Trinajstić information content (AvgIpc) is 3.31. The molecule has 3 heterocycles. The van der Waals surface area contributed by atoms with Crippen LogP contribution in [0.25, 0.3) is 16.9 Å². The van der Waals surface area contributed by atoms with E-state index < -0.39 is 0 Å². The summed E-state index contributed by atoms with van der Waals surface area (Å²) in [5.74, 6) is 1.52. The fourth-order valence-electron chi connectivity index (χ4n) is 3.72. The van der Waals surface area contributed by atoms with Crippen LogP contribution < -0.4 is 0 Å². The number of piperidine rings is 1. The molecule has 2 aromatic heterocycles. The van der Waals surface area contributed by atoms with Crippen molar-refractivity contribution in [2.24, 2.45) is 0 Å². The predicted molar refractivity (Wildman–Crippen MR) is 98.4 cm³/mol. The Balaban J connectivity index is 1.53. The third-order valence-electron chi connectivity index (χ3n) is 5.19. The molecule has 138 valence electrons. The Morgan fingerprint density at radius 3 is 2.81 bits per heavy atom. The summed E-state index contributed by atoms with van der Waals surface area (Å²) in [7, 11) is 0. The summed E-state index contributed by atoms with van der Waals surface area (Å²) >= 11 is 0. The standard InChI is InChI=1S/C19H25N5O2/c1-2-16-15-6-3-4-7-17(15)24(21-16)19-20-18(26-22-19)14-8-11-23(12-9-14)10-5-13-25/h3-4,6-7,14,25H,2,5,8-13H2,1H3. The predicted octanol–water partition coefficient (Wildman–Crippen LogP) is 2.53. The summed E-state index contributed by atoms with van der Waals surface area (Å²) in [5, 5.41) is 19.0. The van der Waals surface area contributed by atoms with Crippen molar-refractivity contribution in [2.45, 2.75) is 38.5 Å². The van der Waals surface area contributed by atoms with Gasteiger partial charge in [-0.25, -0.2) is 0 Å². The van der Waals surface area contributed by atoms with Crippen LogP contribution >= 0.6 is 0 Å². The van der Waals surface area contributed by atoms with Crippen LogP contribution in [-0.2, 0) is 6.42 Å². The van der Waals surface area contributed by atoms with Gasteiger partial charge in [0.1, 0.15) is 0 Å². The fourth-order valence-corrected chi connectivity index (χ4v) is 3.72. The molecule has 0 bridgehead atoms. The third-order valence-corrected chi connectivity index (χ3v) is 5.19. The molecule has 0 amide bonds. The Kier molecular flexibility index (Phi) is 4.99. The molecule has 7 nitrogen and oxygen atoms in total. The van der Waals surface area contributed by atoms with Crippen molar-refractivity contribution in [2.75, 3.05) is 26.2 Å². The van der Waals surface area contributed by atoms with E-state index in [2.05, 4.69) is 33.1 Å². The number of aromatic nitrogens is 4. The molecule has 26 heavy (non-hydrogen) atoms. The molecular weight excluding hydrogens is 330 g/mol. The molecule has 1 aliphatic heterocycles. The summed E-state index contributed by atoms with van der Waals surface area (Å²) in [6.45, 7) is 5.33. The normalized spacial score (nSPS) is 16.5. The number of para-hydroxylation sites is 1. The van der Waals surface area contributed by atoms with Crippen LogP contribution in [0.2, 0.25) is 0 Å². The lowest BCUT2D eigenvalue weighted by Crippen LogP contribution is -2.34. The lowest BCUT2D eigenvalue weighted by atomic mass is 9.97. The second-order valence-electron chi connectivity index (χ2n) is 6.85. The van der Waals surface area contributed by atoms with Crippen molar-refractivity contribution >= 4 is 10.9 Å². The molecule has 3 aromatic rings. The zero-order valence-electron chi connectivity index (χ0n) is 15.1. The van der Waals surface area contributed by atoms with Gasteiger partial charge in [0.05, 0.1) is 11.2 Å². The highest BCUT2D eigenvalue weighted by Crippen LogP contribution is 2.28. The quantitative estimate of drug-likeness (QED) is 0.732. The third kappa shape index (κ3) is 3.24. The van der Waals surface area contributed by atoms with E-state index in [0.717, 1.165) is 61.9 Å². The van der Waals surface area contributed by atoms with Gasteiger partial charge < -0.3 is 14.5 Å². The van der Waals surface area contributed by atoms with Gasteiger partial charge in [-0.3, -0.25) is 0 Å². The Bertz CT molecular complexity index is 864. The van der Waals surface area contributed by atoms with E-state index in [1.54, 1.807) is 4.68 Å². The van der Waals surface area contributed by atoms with Crippen molar-refractivity contribution in [3.8, 4) is 5.95 Å². The summed E-state index contributed by atoms with van der Waals surface area (Å²) in [6.07, 6.45) is 3.71. The Morgan fingerprint density at radius 1 is 1.23 bits per heavy atom. The number of benzene rings is 1. The molecule has 4 rings (SSSR count). The van der Waals surface area contributed by atoms with Crippen molar-refractivity contribution in [3.63, 3.8) is 0 Å². The number of aliphatic hydroxyl groups excluding tert-OH is 1. The summed E-state index contributed by atoms with van der Waals surface area (Å²) in [4.78, 5) is 7.04. The molecule has 1 saturated heterocycles. The van der Waals surface area contributed by atoms with Crippen molar-refractivity contribution in [3.05, 3.63) is 35.9 Å². The summed E-state index contributed by atoms with van der Waals surface area (Å²) in [6, 6.07) is 8.15. The van der Waals surface area contributed by atoms with Gasteiger partial charge in [0.2, 0.25) is 5.89 Å². The number of aliphatic hydroxyl groups is 1. The molecular formula is C19H25N5O2. The number of rotatable bonds is 6. The van der Waals surface area contributed by atoms with Crippen LogP contribution in [0.1, 0.15) is 43.7 Å². The van der Waals surface area contributed by atoms with Crippen molar-refractivity contribution in [1.29, 1.82) is 0 Å². The first kappa shape index (κ1) is 17.2. The minimum absolute atomic E-state index is 0.254. The first-order valence-electron chi connectivity index (χ1n) is 9.44. The van der Waals surface area contributed by atoms with E-state index in [4.69, 9.17) is 9.63 Å². The number of fused-ring (bicyclic) bond motifs is 1. The van der Waals surface area contributed by atoms with Crippen molar-refractivity contribution < 1.29 is 9.63 Å². The highest BCUT2D eigenvalue weighted by Gasteiger charge is 2.26. The minimum Gasteiger partial charge on any atom is -0.396 e. The van der Waals surface area contributed by atoms with Gasteiger partial charge in [-0.05, 0) is 50.0 Å². The second-order valence-corrected chi connectivity index (χ2v) is 6.85. The lowest BCUT2D eigenvalue weighted by molar-refractivity contribution is 0.176. The number of hydrogen-bond donors (Lipinski definition) is 1. The van der Waals surface area contributed by atoms with E-state index in [1.807, 2.05) is 18.2 Å². The van der Waals surface area contributed by atoms with E-state index in [0.29, 0.717) is 17.8 Å². The van der Waals surface area contributed by atoms with Gasteiger partial charge in [0, 0.05) is 24.5 Å². The van der Waals surface area contributed by atoms with Gasteiger partial charge in [0.25, 0.3) is 5.95 Å². The molecule has 0 radical (unpaired) electrons. The monoisotopic (exact) mass is 355 g/mol. The largest absolute Gasteiger partial charge is 0.396 e. The van der Waals surface area contributed by atoms with Crippen LogP contribution in [0, 0.1) is 0 Å². The van der Waals surface area contributed by atoms with E-state index in [1.165, 1.54) is 0 Å². The van der Waals surface area contributed by atoms with Crippen LogP contribution in [-0.4, -0.2) is 56.2 Å². The maximum atomic E-state index is 8.96. The zero-order chi connectivity index (χ0) is 17.9. The molecule has 0 atom stereocenters. The zero-order valence-corrected chi connectivity index (χ0v) is 15.1. The highest BCUT2D eigenvalue weighted by molar-refractivity contribution is 5.83. The van der Waals surface area contributed by atoms with E-state index >= 15 is 0 Å². The maximum absolute atomic E-state index is 8.96. The molecule has 1 aromatic carbocycles. The average molecular weight is 355 g/mol. The molecule has 0 unspecified atom stereocenters. The van der Waals surface area contributed by atoms with Gasteiger partial charge in [-0.2, -0.15) is 14.8 Å². The first-order chi connectivity index (χ1) is 12.8. The Morgan fingerprint density at radius 2 is 2.04 bits per heavy atom. The van der Waals surface area contributed by atoms with Crippen LogP contribution in [0.3, 0.4) is 0 Å². The van der Waals surface area contributed by atoms with E-state index in [-0.39, 0.29) is 6.61 Å². The van der Waals surface area contributed by atoms with Crippen LogP contribution in [0.15, 0.2) is 28.8 Å². The van der Waals surface area contributed by atoms with Crippen LogP contribution in [0.5, 0.6) is 0 Å². The van der Waals surface area contributed by atoms with E-state index in [9.17, 15) is 0 Å². The molecule has 1 aliphatic rings. The molecule has 0 spiro atoms. The molecule has 0 aliphatic carbocycles. The first-order valence-corrected chi connectivity index (χ1v) is 9.44. The number of aryl methyl sites for hydroxylation is 1. The highest BCUT2D eigenvalue weighted by atomic mass is 16.5. The molecule has 1 fully saturated rings. The topological polar surface area (TPSA) is 80.2 Å². The SMILES string of the molecule is CCc1nn(-c2noc(C3CCN(CCCO)CC3)n2)c2ccccc12. The number of nitrogens with zero attached hydrogens (tertiary/aromatic N) is 5. The second kappa shape index (κ2) is 7.55. The van der Waals surface area contributed by atoms with Crippen LogP contribution in [0.4, 0.5) is 0 Å². The summed E-state index contributed by atoms with van der Waals surface area (Å²) < 4.78 is 7.38. The Labute approximate surface area is 152 Å². The smallest absolute Gasteiger partial charge is 0.291 e. The number of hydrogen-bond acceptors (Lipinski definition) is 6. The maximum Gasteiger partial charge on any atom is 0.291 e. The molecule has 7 heteroatoms. The number of likely N-dealkylation sites (tertiary alicyclic amines) is 1. The fraction of sp³-hybridized carbons (Fsp3) is 0.526. The van der Waals surface area contributed by atoms with Crippen molar-refractivity contribution in [1.82, 2.24) is 24.8 Å². The van der Waals surface area contributed by atoms with Gasteiger partial charge >= 0.3 is 0 Å². The Hall–Kier alpha value is -2.25.